The minimum absolute atomic E-state index is 0.104. The van der Waals surface area contributed by atoms with E-state index in [0.29, 0.717) is 24.3 Å². The van der Waals surface area contributed by atoms with Gasteiger partial charge in [-0.25, -0.2) is 0 Å². The van der Waals surface area contributed by atoms with Gasteiger partial charge in [0.1, 0.15) is 0 Å². The summed E-state index contributed by atoms with van der Waals surface area (Å²) in [5.41, 5.74) is 3.70. The Kier molecular flexibility index (Phi) is 6.60. The molecular formula is C22H26N2O3. The Morgan fingerprint density at radius 2 is 1.85 bits per heavy atom. The first-order chi connectivity index (χ1) is 13.2. The maximum Gasteiger partial charge on any atom is 0.305 e. The van der Waals surface area contributed by atoms with Crippen molar-refractivity contribution in [1.29, 1.82) is 0 Å². The fraction of sp³-hybridized carbons (Fsp3) is 0.364. The van der Waals surface area contributed by atoms with Crippen molar-refractivity contribution < 1.29 is 14.3 Å². The van der Waals surface area contributed by atoms with Crippen molar-refractivity contribution in [3.05, 3.63) is 65.2 Å². The zero-order valence-corrected chi connectivity index (χ0v) is 15.7. The second-order valence-electron chi connectivity index (χ2n) is 6.88. The Morgan fingerprint density at radius 1 is 1.11 bits per heavy atom. The zero-order valence-electron chi connectivity index (χ0n) is 15.7. The van der Waals surface area contributed by atoms with E-state index in [2.05, 4.69) is 21.4 Å². The number of carbonyl (C=O) groups excluding carboxylic acids is 2. The first-order valence-electron chi connectivity index (χ1n) is 9.43. The van der Waals surface area contributed by atoms with Crippen molar-refractivity contribution in [2.45, 2.75) is 31.6 Å². The fourth-order valence-electron chi connectivity index (χ4n) is 3.40. The Labute approximate surface area is 160 Å². The van der Waals surface area contributed by atoms with Gasteiger partial charge >= 0.3 is 5.97 Å². The molecule has 0 aliphatic carbocycles. The predicted octanol–water partition coefficient (Wildman–Crippen LogP) is 3.51. The van der Waals surface area contributed by atoms with E-state index in [1.807, 2.05) is 42.5 Å². The highest BCUT2D eigenvalue weighted by atomic mass is 16.5. The van der Waals surface area contributed by atoms with Crippen LogP contribution < -0.4 is 10.6 Å². The van der Waals surface area contributed by atoms with Gasteiger partial charge in [-0.2, -0.15) is 0 Å². The smallest absolute Gasteiger partial charge is 0.305 e. The minimum Gasteiger partial charge on any atom is -0.469 e. The molecule has 142 valence electrons. The van der Waals surface area contributed by atoms with Crippen molar-refractivity contribution in [2.75, 3.05) is 25.5 Å². The first-order valence-corrected chi connectivity index (χ1v) is 9.43. The summed E-state index contributed by atoms with van der Waals surface area (Å²) in [6.45, 7) is 2.06. The highest BCUT2D eigenvalue weighted by Crippen LogP contribution is 2.26. The van der Waals surface area contributed by atoms with E-state index in [4.69, 9.17) is 0 Å². The van der Waals surface area contributed by atoms with Gasteiger partial charge in [0.15, 0.2) is 0 Å². The number of hydrogen-bond donors (Lipinski definition) is 2. The van der Waals surface area contributed by atoms with Crippen molar-refractivity contribution >= 4 is 17.6 Å². The molecule has 2 aromatic carbocycles. The molecule has 0 saturated carbocycles. The molecule has 1 aliphatic heterocycles. The van der Waals surface area contributed by atoms with Gasteiger partial charge in [0, 0.05) is 17.7 Å². The Balaban J connectivity index is 1.60. The number of rotatable bonds is 6. The molecule has 2 aromatic rings. The van der Waals surface area contributed by atoms with Gasteiger partial charge in [-0.05, 0) is 73.7 Å². The largest absolute Gasteiger partial charge is 0.469 e. The van der Waals surface area contributed by atoms with Gasteiger partial charge in [-0.3, -0.25) is 9.59 Å². The van der Waals surface area contributed by atoms with E-state index in [0.717, 1.165) is 37.2 Å². The number of ether oxygens (including phenoxy) is 1. The Bertz CT molecular complexity index is 780. The summed E-state index contributed by atoms with van der Waals surface area (Å²) in [4.78, 5) is 23.8. The summed E-state index contributed by atoms with van der Waals surface area (Å²) >= 11 is 0. The van der Waals surface area contributed by atoms with Crippen LogP contribution in [0, 0.1) is 0 Å². The highest BCUT2D eigenvalue weighted by Gasteiger charge is 2.16. The SMILES string of the molecule is COC(=O)CCc1ccc(NC(=O)c2cccc(C3CCNCC3)c2)cc1. The van der Waals surface area contributed by atoms with Gasteiger partial charge in [-0.1, -0.05) is 24.3 Å². The van der Waals surface area contributed by atoms with E-state index in [1.54, 1.807) is 0 Å². The first kappa shape index (κ1) is 19.1. The van der Waals surface area contributed by atoms with Crippen molar-refractivity contribution in [3.63, 3.8) is 0 Å². The lowest BCUT2D eigenvalue weighted by atomic mass is 9.89. The van der Waals surface area contributed by atoms with Crippen LogP contribution in [0.2, 0.25) is 0 Å². The van der Waals surface area contributed by atoms with Crippen LogP contribution in [0.25, 0.3) is 0 Å². The lowest BCUT2D eigenvalue weighted by Crippen LogP contribution is -2.26. The van der Waals surface area contributed by atoms with E-state index in [-0.39, 0.29) is 11.9 Å². The van der Waals surface area contributed by atoms with E-state index >= 15 is 0 Å². The third-order valence-corrected chi connectivity index (χ3v) is 5.02. The van der Waals surface area contributed by atoms with E-state index in [1.165, 1.54) is 12.7 Å². The summed E-state index contributed by atoms with van der Waals surface area (Å²) in [5, 5.41) is 6.32. The summed E-state index contributed by atoms with van der Waals surface area (Å²) in [7, 11) is 1.39. The number of piperidine rings is 1. The molecule has 3 rings (SSSR count). The average molecular weight is 366 g/mol. The predicted molar refractivity (Wildman–Crippen MR) is 106 cm³/mol. The molecule has 1 amide bonds. The molecule has 5 nitrogen and oxygen atoms in total. The highest BCUT2D eigenvalue weighted by molar-refractivity contribution is 6.04. The number of hydrogen-bond acceptors (Lipinski definition) is 4. The van der Waals surface area contributed by atoms with Crippen LogP contribution in [0.3, 0.4) is 0 Å². The zero-order chi connectivity index (χ0) is 19.1. The Hall–Kier alpha value is -2.66. The number of esters is 1. The lowest BCUT2D eigenvalue weighted by Gasteiger charge is -2.23. The van der Waals surface area contributed by atoms with Crippen LogP contribution in [0.15, 0.2) is 48.5 Å². The molecule has 0 atom stereocenters. The standard InChI is InChI=1S/C22H26N2O3/c1-27-21(25)10-7-16-5-8-20(9-6-16)24-22(26)19-4-2-3-18(15-19)17-11-13-23-14-12-17/h2-6,8-9,15,17,23H,7,10-14H2,1H3,(H,24,26). The third kappa shape index (κ3) is 5.41. The molecule has 1 fully saturated rings. The third-order valence-electron chi connectivity index (χ3n) is 5.02. The number of aryl methyl sites for hydroxylation is 1. The van der Waals surface area contributed by atoms with Crippen molar-refractivity contribution in [2.24, 2.45) is 0 Å². The number of carbonyl (C=O) groups is 2. The number of amides is 1. The quantitative estimate of drug-likeness (QED) is 0.768. The molecule has 0 radical (unpaired) electrons. The number of methoxy groups -OCH3 is 1. The normalized spacial score (nSPS) is 14.6. The summed E-state index contributed by atoms with van der Waals surface area (Å²) in [6, 6.07) is 15.5. The second-order valence-corrected chi connectivity index (χ2v) is 6.88. The molecule has 5 heteroatoms. The molecule has 0 bridgehead atoms. The maximum atomic E-state index is 12.6. The molecule has 2 N–H and O–H groups in total. The van der Waals surface area contributed by atoms with Crippen molar-refractivity contribution in [1.82, 2.24) is 5.32 Å². The van der Waals surface area contributed by atoms with Crippen molar-refractivity contribution in [3.8, 4) is 0 Å². The van der Waals surface area contributed by atoms with E-state index in [9.17, 15) is 9.59 Å². The van der Waals surface area contributed by atoms with Crippen LogP contribution in [-0.4, -0.2) is 32.1 Å². The minimum atomic E-state index is -0.221. The van der Waals surface area contributed by atoms with Crippen LogP contribution in [0.1, 0.15) is 46.7 Å². The van der Waals surface area contributed by atoms with Gasteiger partial charge in [0.25, 0.3) is 5.91 Å². The Morgan fingerprint density at radius 3 is 2.56 bits per heavy atom. The molecule has 1 heterocycles. The molecule has 0 aromatic heterocycles. The summed E-state index contributed by atoms with van der Waals surface area (Å²) in [6.07, 6.45) is 3.20. The van der Waals surface area contributed by atoms with Crippen LogP contribution in [-0.2, 0) is 16.0 Å². The maximum absolute atomic E-state index is 12.6. The molecule has 0 spiro atoms. The van der Waals surface area contributed by atoms with Gasteiger partial charge in [0.05, 0.1) is 7.11 Å². The average Bonchev–Trinajstić information content (AvgIpc) is 2.73. The number of benzene rings is 2. The van der Waals surface area contributed by atoms with Gasteiger partial charge < -0.3 is 15.4 Å². The second kappa shape index (κ2) is 9.33. The number of nitrogens with one attached hydrogen (secondary N) is 2. The number of anilines is 1. The summed E-state index contributed by atoms with van der Waals surface area (Å²) in [5.74, 6) is 0.196. The molecule has 1 saturated heterocycles. The van der Waals surface area contributed by atoms with E-state index < -0.39 is 0 Å². The fourth-order valence-corrected chi connectivity index (χ4v) is 3.40. The summed E-state index contributed by atoms with van der Waals surface area (Å²) < 4.78 is 4.65. The van der Waals surface area contributed by atoms with Crippen LogP contribution in [0.4, 0.5) is 5.69 Å². The van der Waals surface area contributed by atoms with Crippen LogP contribution >= 0.6 is 0 Å². The van der Waals surface area contributed by atoms with Crippen LogP contribution in [0.5, 0.6) is 0 Å². The molecule has 1 aliphatic rings. The monoisotopic (exact) mass is 366 g/mol. The van der Waals surface area contributed by atoms with Gasteiger partial charge in [0.2, 0.25) is 0 Å². The molecule has 27 heavy (non-hydrogen) atoms. The lowest BCUT2D eigenvalue weighted by molar-refractivity contribution is -0.140. The van der Waals surface area contributed by atoms with Gasteiger partial charge in [-0.15, -0.1) is 0 Å². The molecule has 0 unspecified atom stereocenters. The topological polar surface area (TPSA) is 67.4 Å². The molecular weight excluding hydrogens is 340 g/mol.